The van der Waals surface area contributed by atoms with Crippen molar-refractivity contribution in [1.29, 1.82) is 0 Å². The van der Waals surface area contributed by atoms with Crippen molar-refractivity contribution >= 4 is 0 Å². The van der Waals surface area contributed by atoms with E-state index >= 15 is 0 Å². The van der Waals surface area contributed by atoms with Crippen molar-refractivity contribution in [3.05, 3.63) is 131 Å². The Kier molecular flexibility index (Phi) is 8.14. The van der Waals surface area contributed by atoms with Gasteiger partial charge in [-0.3, -0.25) is 0 Å². The zero-order valence-electron chi connectivity index (χ0n) is 20.2. The Labute approximate surface area is 223 Å². The molecule has 0 aromatic heterocycles. The number of rotatable bonds is 7. The summed E-state index contributed by atoms with van der Waals surface area (Å²) in [7, 11) is 0. The van der Waals surface area contributed by atoms with E-state index in [4.69, 9.17) is 4.74 Å². The molecule has 0 amide bonds. The average molecular weight is 560 g/mol. The van der Waals surface area contributed by atoms with Crippen LogP contribution in [0.4, 0.5) is 35.1 Å². The molecule has 0 radical (unpaired) electrons. The summed E-state index contributed by atoms with van der Waals surface area (Å²) in [5.74, 6) is -4.99. The van der Waals surface area contributed by atoms with Crippen molar-refractivity contribution in [3.63, 3.8) is 0 Å². The Hall–Kier alpha value is -4.78. The number of ether oxygens (including phenoxy) is 2. The molecule has 0 aliphatic carbocycles. The second-order valence-corrected chi connectivity index (χ2v) is 8.20. The Morgan fingerprint density at radius 3 is 1.85 bits per heavy atom. The zero-order chi connectivity index (χ0) is 29.0. The topological polar surface area (TPSA) is 18.5 Å². The van der Waals surface area contributed by atoms with Gasteiger partial charge in [-0.2, -0.15) is 8.78 Å². The summed E-state index contributed by atoms with van der Waals surface area (Å²) < 4.78 is 123. The van der Waals surface area contributed by atoms with Crippen LogP contribution in [0.5, 0.6) is 11.5 Å². The Morgan fingerprint density at radius 2 is 1.27 bits per heavy atom. The maximum atomic E-state index is 14.8. The molecule has 0 N–H and O–H groups in total. The van der Waals surface area contributed by atoms with Crippen molar-refractivity contribution in [2.24, 2.45) is 0 Å². The van der Waals surface area contributed by atoms with Crippen LogP contribution >= 0.6 is 0 Å². The van der Waals surface area contributed by atoms with Crippen molar-refractivity contribution in [2.45, 2.75) is 6.11 Å². The highest BCUT2D eigenvalue weighted by molar-refractivity contribution is 5.65. The van der Waals surface area contributed by atoms with Crippen LogP contribution in [0.2, 0.25) is 0 Å². The van der Waals surface area contributed by atoms with Gasteiger partial charge in [0.15, 0.2) is 17.5 Å². The monoisotopic (exact) mass is 560 g/mol. The minimum atomic E-state index is -4.54. The summed E-state index contributed by atoms with van der Waals surface area (Å²) >= 11 is 0. The second kappa shape index (κ2) is 11.5. The van der Waals surface area contributed by atoms with Gasteiger partial charge in [0.1, 0.15) is 41.1 Å². The molecule has 0 saturated heterocycles. The van der Waals surface area contributed by atoms with Crippen LogP contribution in [0.1, 0.15) is 16.7 Å². The van der Waals surface area contributed by atoms with E-state index in [1.54, 1.807) is 0 Å². The fourth-order valence-corrected chi connectivity index (χ4v) is 3.54. The van der Waals surface area contributed by atoms with Crippen molar-refractivity contribution in [3.8, 4) is 34.5 Å². The van der Waals surface area contributed by atoms with Gasteiger partial charge in [0.25, 0.3) is 0 Å². The first-order chi connectivity index (χ1) is 19.0. The Morgan fingerprint density at radius 1 is 0.675 bits per heavy atom. The van der Waals surface area contributed by atoms with Crippen LogP contribution in [-0.2, 0) is 6.11 Å². The van der Waals surface area contributed by atoms with Gasteiger partial charge in [-0.05, 0) is 59.7 Å². The molecule has 4 aromatic rings. The first-order valence-electron chi connectivity index (χ1n) is 11.3. The van der Waals surface area contributed by atoms with E-state index in [2.05, 4.69) is 23.2 Å². The van der Waals surface area contributed by atoms with Crippen LogP contribution in [0.3, 0.4) is 0 Å². The molecule has 0 heterocycles. The summed E-state index contributed by atoms with van der Waals surface area (Å²) in [4.78, 5) is 0. The molecule has 0 aliphatic rings. The van der Waals surface area contributed by atoms with Crippen LogP contribution in [-0.4, -0.2) is 6.61 Å². The zero-order valence-corrected chi connectivity index (χ0v) is 20.2. The third-order valence-electron chi connectivity index (χ3n) is 5.40. The number of hydrogen-bond acceptors (Lipinski definition) is 2. The molecule has 0 spiro atoms. The molecule has 0 saturated carbocycles. The van der Waals surface area contributed by atoms with E-state index in [-0.39, 0.29) is 23.3 Å². The molecular weight excluding hydrogens is 544 g/mol. The van der Waals surface area contributed by atoms with Gasteiger partial charge in [-0.25, -0.2) is 26.3 Å². The van der Waals surface area contributed by atoms with Gasteiger partial charge in [0.2, 0.25) is 0 Å². The molecule has 4 aromatic carbocycles. The fourth-order valence-electron chi connectivity index (χ4n) is 3.54. The Balaban J connectivity index is 1.55. The number of halogens is 8. The molecular formula is C30H16F8O2. The van der Waals surface area contributed by atoms with Crippen LogP contribution in [0.25, 0.3) is 11.1 Å². The molecule has 204 valence electrons. The van der Waals surface area contributed by atoms with Gasteiger partial charge in [-0.1, -0.05) is 36.6 Å². The van der Waals surface area contributed by atoms with E-state index in [1.807, 2.05) is 0 Å². The highest BCUT2D eigenvalue weighted by Gasteiger charge is 2.41. The fraction of sp³-hybridized carbons (Fsp3) is 0.0667. The number of hydrogen-bond donors (Lipinski definition) is 0. The lowest BCUT2D eigenvalue weighted by Gasteiger charge is -2.20. The summed E-state index contributed by atoms with van der Waals surface area (Å²) in [6, 6.07) is 10.9. The normalized spacial score (nSPS) is 11.0. The van der Waals surface area contributed by atoms with Gasteiger partial charge in [0, 0.05) is 11.6 Å². The summed E-state index contributed by atoms with van der Waals surface area (Å²) in [6.07, 6.45) is -3.02. The third-order valence-corrected chi connectivity index (χ3v) is 5.40. The minimum Gasteiger partial charge on any atom is -0.490 e. The maximum absolute atomic E-state index is 14.8. The lowest BCUT2D eigenvalue weighted by Crippen LogP contribution is -2.25. The molecule has 2 nitrogen and oxygen atoms in total. The van der Waals surface area contributed by atoms with Gasteiger partial charge in [0.05, 0.1) is 5.56 Å². The van der Waals surface area contributed by atoms with E-state index < -0.39 is 52.3 Å². The summed E-state index contributed by atoms with van der Waals surface area (Å²) in [6.45, 7) is 3.75. The largest absolute Gasteiger partial charge is 0.490 e. The molecule has 40 heavy (non-hydrogen) atoms. The first kappa shape index (κ1) is 28.2. The second-order valence-electron chi connectivity index (χ2n) is 8.20. The first-order valence-corrected chi connectivity index (χ1v) is 11.3. The van der Waals surface area contributed by atoms with E-state index in [0.717, 1.165) is 12.1 Å². The van der Waals surface area contributed by atoms with Crippen LogP contribution in [0.15, 0.2) is 79.4 Å². The molecule has 0 bridgehead atoms. The van der Waals surface area contributed by atoms with E-state index in [9.17, 15) is 35.1 Å². The van der Waals surface area contributed by atoms with Gasteiger partial charge < -0.3 is 9.47 Å². The quantitative estimate of drug-likeness (QED) is 0.0981. The van der Waals surface area contributed by atoms with Crippen LogP contribution < -0.4 is 9.47 Å². The number of benzene rings is 4. The predicted octanol–water partition coefficient (Wildman–Crippen LogP) is 8.28. The van der Waals surface area contributed by atoms with Crippen molar-refractivity contribution in [1.82, 2.24) is 0 Å². The average Bonchev–Trinajstić information content (AvgIpc) is 2.89. The van der Waals surface area contributed by atoms with Gasteiger partial charge >= 0.3 is 6.11 Å². The standard InChI is InChI=1S/C30H16F8O2/c1-2-11-39-21-8-5-18(6-9-21)20-14-24(32)28(25(33)15-20)30(37,38)40-22-10-7-19(23(31)16-22)4-3-17-12-26(34)29(36)27(35)13-17/h2,5-10,12-16H,1,11H2. The minimum absolute atomic E-state index is 0.0280. The SMILES string of the molecule is C=CCOc1ccc(-c2cc(F)c(C(F)(F)Oc3ccc(C#Cc4cc(F)c(F)c(F)c4)c(F)c3)c(F)c2)cc1. The molecule has 4 rings (SSSR count). The van der Waals surface area contributed by atoms with E-state index in [0.29, 0.717) is 41.6 Å². The smallest absolute Gasteiger partial charge is 0.432 e. The predicted molar refractivity (Wildman–Crippen MR) is 131 cm³/mol. The highest BCUT2D eigenvalue weighted by atomic mass is 19.3. The lowest BCUT2D eigenvalue weighted by atomic mass is 10.0. The molecule has 0 atom stereocenters. The highest BCUT2D eigenvalue weighted by Crippen LogP contribution is 2.37. The Bertz CT molecular complexity index is 1590. The molecule has 0 fully saturated rings. The number of alkyl halides is 2. The van der Waals surface area contributed by atoms with Gasteiger partial charge in [-0.15, -0.1) is 0 Å². The maximum Gasteiger partial charge on any atom is 0.432 e. The lowest BCUT2D eigenvalue weighted by molar-refractivity contribution is -0.189. The third kappa shape index (κ3) is 6.26. The molecule has 0 unspecified atom stereocenters. The van der Waals surface area contributed by atoms with Crippen molar-refractivity contribution < 1.29 is 44.6 Å². The van der Waals surface area contributed by atoms with Crippen LogP contribution in [0, 0.1) is 46.7 Å². The van der Waals surface area contributed by atoms with E-state index in [1.165, 1.54) is 30.3 Å². The van der Waals surface area contributed by atoms with Crippen molar-refractivity contribution in [2.75, 3.05) is 6.61 Å². The summed E-state index contributed by atoms with van der Waals surface area (Å²) in [5, 5.41) is 0. The molecule has 10 heteroatoms. The molecule has 0 aliphatic heterocycles. The summed E-state index contributed by atoms with van der Waals surface area (Å²) in [5.41, 5.74) is -2.09.